The average molecular weight is 272 g/mol. The summed E-state index contributed by atoms with van der Waals surface area (Å²) >= 11 is 0. The summed E-state index contributed by atoms with van der Waals surface area (Å²) in [5, 5.41) is 2.82. The van der Waals surface area contributed by atoms with Crippen molar-refractivity contribution in [1.82, 2.24) is 14.5 Å². The quantitative estimate of drug-likeness (QED) is 0.923. The highest BCUT2D eigenvalue weighted by molar-refractivity contribution is 5.94. The molecule has 1 fully saturated rings. The van der Waals surface area contributed by atoms with E-state index in [1.165, 1.54) is 0 Å². The first-order chi connectivity index (χ1) is 9.74. The van der Waals surface area contributed by atoms with Gasteiger partial charge in [-0.1, -0.05) is 0 Å². The minimum Gasteiger partial charge on any atom is -0.368 e. The van der Waals surface area contributed by atoms with Gasteiger partial charge in [-0.3, -0.25) is 9.36 Å². The lowest BCUT2D eigenvalue weighted by atomic mass is 10.2. The number of nitrogens with zero attached hydrogens (tertiary/aromatic N) is 3. The second-order valence-electron chi connectivity index (χ2n) is 4.74. The summed E-state index contributed by atoms with van der Waals surface area (Å²) in [5.74, 6) is 1.54. The molecular weight excluding hydrogens is 256 g/mol. The number of hydrogen-bond donors (Lipinski definition) is 1. The zero-order valence-corrected chi connectivity index (χ0v) is 11.2. The monoisotopic (exact) mass is 272 g/mol. The molecule has 1 aliphatic rings. The standard InChI is InChI=1S/C14H16N4O2/c1-10-15-6-7-18(10)13-5-4-11(9-16-13)17-14(19)12-3-2-8-20-12/h4-7,9,12H,2-3,8H2,1H3,(H,17,19)/t12-/m0/s1. The molecule has 3 rings (SSSR count). The first-order valence-corrected chi connectivity index (χ1v) is 6.63. The summed E-state index contributed by atoms with van der Waals surface area (Å²) in [6.45, 7) is 2.57. The first kappa shape index (κ1) is 12.8. The Bertz CT molecular complexity index is 600. The highest BCUT2D eigenvalue weighted by atomic mass is 16.5. The molecule has 1 atom stereocenters. The van der Waals surface area contributed by atoms with Gasteiger partial charge in [0.1, 0.15) is 17.7 Å². The fourth-order valence-electron chi connectivity index (χ4n) is 2.23. The van der Waals surface area contributed by atoms with E-state index < -0.39 is 0 Å². The van der Waals surface area contributed by atoms with Gasteiger partial charge in [0, 0.05) is 19.0 Å². The van der Waals surface area contributed by atoms with E-state index in [1.54, 1.807) is 12.4 Å². The van der Waals surface area contributed by atoms with Gasteiger partial charge in [-0.2, -0.15) is 0 Å². The molecule has 0 aliphatic carbocycles. The molecule has 2 aromatic heterocycles. The van der Waals surface area contributed by atoms with Gasteiger partial charge in [0.2, 0.25) is 0 Å². The molecule has 6 heteroatoms. The number of carbonyl (C=O) groups is 1. The molecule has 0 saturated carbocycles. The molecule has 0 unspecified atom stereocenters. The maximum absolute atomic E-state index is 11.9. The highest BCUT2D eigenvalue weighted by Crippen LogP contribution is 2.16. The third-order valence-electron chi connectivity index (χ3n) is 3.31. The van der Waals surface area contributed by atoms with Crippen LogP contribution in [0.2, 0.25) is 0 Å². The fourth-order valence-corrected chi connectivity index (χ4v) is 2.23. The number of nitrogens with one attached hydrogen (secondary N) is 1. The Labute approximate surface area is 116 Å². The van der Waals surface area contributed by atoms with Gasteiger partial charge in [0.25, 0.3) is 5.91 Å². The normalized spacial score (nSPS) is 18.1. The summed E-state index contributed by atoms with van der Waals surface area (Å²) in [6.07, 6.45) is 6.61. The van der Waals surface area contributed by atoms with E-state index in [2.05, 4.69) is 15.3 Å². The van der Waals surface area contributed by atoms with Crippen molar-refractivity contribution >= 4 is 11.6 Å². The molecule has 0 radical (unpaired) electrons. The first-order valence-electron chi connectivity index (χ1n) is 6.63. The molecule has 1 N–H and O–H groups in total. The van der Waals surface area contributed by atoms with Crippen LogP contribution in [0.5, 0.6) is 0 Å². The number of amides is 1. The SMILES string of the molecule is Cc1nccn1-c1ccc(NC(=O)[C@@H]2CCCO2)cn1. The van der Waals surface area contributed by atoms with Crippen LogP contribution in [0, 0.1) is 6.92 Å². The number of aromatic nitrogens is 3. The van der Waals surface area contributed by atoms with E-state index >= 15 is 0 Å². The van der Waals surface area contributed by atoms with Crippen molar-refractivity contribution in [2.45, 2.75) is 25.9 Å². The Morgan fingerprint density at radius 2 is 2.35 bits per heavy atom. The van der Waals surface area contributed by atoms with Crippen LogP contribution >= 0.6 is 0 Å². The van der Waals surface area contributed by atoms with Crippen molar-refractivity contribution in [3.05, 3.63) is 36.5 Å². The van der Waals surface area contributed by atoms with E-state index in [4.69, 9.17) is 4.74 Å². The minimum absolute atomic E-state index is 0.101. The molecule has 3 heterocycles. The summed E-state index contributed by atoms with van der Waals surface area (Å²) < 4.78 is 7.22. The number of aryl methyl sites for hydroxylation is 1. The predicted molar refractivity (Wildman–Crippen MR) is 73.7 cm³/mol. The van der Waals surface area contributed by atoms with E-state index in [1.807, 2.05) is 29.8 Å². The third-order valence-corrected chi connectivity index (χ3v) is 3.31. The summed E-state index contributed by atoms with van der Waals surface area (Å²) in [4.78, 5) is 20.4. The van der Waals surface area contributed by atoms with Crippen molar-refractivity contribution in [3.8, 4) is 5.82 Å². The molecule has 1 aliphatic heterocycles. The number of carbonyl (C=O) groups excluding carboxylic acids is 1. The van der Waals surface area contributed by atoms with Crippen molar-refractivity contribution in [1.29, 1.82) is 0 Å². The summed E-state index contributed by atoms with van der Waals surface area (Å²) in [6, 6.07) is 3.68. The van der Waals surface area contributed by atoms with Gasteiger partial charge >= 0.3 is 0 Å². The summed E-state index contributed by atoms with van der Waals surface area (Å²) in [7, 11) is 0. The lowest BCUT2D eigenvalue weighted by Crippen LogP contribution is -2.26. The van der Waals surface area contributed by atoms with Gasteiger partial charge in [-0.25, -0.2) is 9.97 Å². The fraction of sp³-hybridized carbons (Fsp3) is 0.357. The number of imidazole rings is 1. The van der Waals surface area contributed by atoms with Crippen LogP contribution in [0.1, 0.15) is 18.7 Å². The smallest absolute Gasteiger partial charge is 0.253 e. The predicted octanol–water partition coefficient (Wildman–Crippen LogP) is 1.69. The second-order valence-corrected chi connectivity index (χ2v) is 4.74. The maximum Gasteiger partial charge on any atom is 0.253 e. The lowest BCUT2D eigenvalue weighted by molar-refractivity contribution is -0.124. The molecule has 1 saturated heterocycles. The van der Waals surface area contributed by atoms with Crippen LogP contribution in [0.3, 0.4) is 0 Å². The lowest BCUT2D eigenvalue weighted by Gasteiger charge is -2.10. The van der Waals surface area contributed by atoms with Gasteiger partial charge in [-0.15, -0.1) is 0 Å². The molecule has 0 bridgehead atoms. The third kappa shape index (κ3) is 2.55. The van der Waals surface area contributed by atoms with Crippen molar-refractivity contribution in [2.75, 3.05) is 11.9 Å². The Balaban J connectivity index is 1.70. The van der Waals surface area contributed by atoms with Gasteiger partial charge in [0.05, 0.1) is 11.9 Å². The Morgan fingerprint density at radius 3 is 2.95 bits per heavy atom. The van der Waals surface area contributed by atoms with Crippen molar-refractivity contribution in [3.63, 3.8) is 0 Å². The Kier molecular flexibility index (Phi) is 3.47. The summed E-state index contributed by atoms with van der Waals surface area (Å²) in [5.41, 5.74) is 0.673. The number of hydrogen-bond acceptors (Lipinski definition) is 4. The van der Waals surface area contributed by atoms with E-state index in [-0.39, 0.29) is 12.0 Å². The molecule has 0 spiro atoms. The molecule has 6 nitrogen and oxygen atoms in total. The highest BCUT2D eigenvalue weighted by Gasteiger charge is 2.23. The molecular formula is C14H16N4O2. The van der Waals surface area contributed by atoms with Gasteiger partial charge in [0.15, 0.2) is 0 Å². The zero-order chi connectivity index (χ0) is 13.9. The maximum atomic E-state index is 11.9. The number of ether oxygens (including phenoxy) is 1. The van der Waals surface area contributed by atoms with E-state index in [0.29, 0.717) is 12.3 Å². The van der Waals surface area contributed by atoms with Crippen LogP contribution in [-0.2, 0) is 9.53 Å². The van der Waals surface area contributed by atoms with E-state index in [9.17, 15) is 4.79 Å². The average Bonchev–Trinajstić information content (AvgIpc) is 3.11. The molecule has 1 amide bonds. The second kappa shape index (κ2) is 5.42. The topological polar surface area (TPSA) is 69.0 Å². The van der Waals surface area contributed by atoms with Gasteiger partial charge in [-0.05, 0) is 31.9 Å². The van der Waals surface area contributed by atoms with Crippen LogP contribution in [-0.4, -0.2) is 33.2 Å². The van der Waals surface area contributed by atoms with Crippen LogP contribution in [0.15, 0.2) is 30.7 Å². The molecule has 20 heavy (non-hydrogen) atoms. The molecule has 2 aromatic rings. The number of rotatable bonds is 3. The number of pyridine rings is 1. The van der Waals surface area contributed by atoms with Crippen LogP contribution in [0.4, 0.5) is 5.69 Å². The van der Waals surface area contributed by atoms with Crippen LogP contribution in [0.25, 0.3) is 5.82 Å². The van der Waals surface area contributed by atoms with Crippen molar-refractivity contribution < 1.29 is 9.53 Å². The molecule has 104 valence electrons. The van der Waals surface area contributed by atoms with Gasteiger partial charge < -0.3 is 10.1 Å². The molecule has 0 aromatic carbocycles. The Morgan fingerprint density at radius 1 is 1.45 bits per heavy atom. The van der Waals surface area contributed by atoms with Crippen LogP contribution < -0.4 is 5.32 Å². The van der Waals surface area contributed by atoms with E-state index in [0.717, 1.165) is 24.5 Å². The minimum atomic E-state index is -0.328. The largest absolute Gasteiger partial charge is 0.368 e. The Hall–Kier alpha value is -2.21. The number of anilines is 1. The van der Waals surface area contributed by atoms with Crippen molar-refractivity contribution in [2.24, 2.45) is 0 Å². The zero-order valence-electron chi connectivity index (χ0n) is 11.2.